The number of para-hydroxylation sites is 1. The number of nitrogens with zero attached hydrogens (tertiary/aromatic N) is 2. The van der Waals surface area contributed by atoms with Crippen molar-refractivity contribution >= 4 is 28.6 Å². The van der Waals surface area contributed by atoms with Crippen LogP contribution in [0.2, 0.25) is 5.02 Å². The molecule has 0 fully saturated rings. The van der Waals surface area contributed by atoms with Crippen LogP contribution in [0.5, 0.6) is 17.2 Å². The van der Waals surface area contributed by atoms with E-state index in [2.05, 4.69) is 12.1 Å². The Hall–Kier alpha value is -2.70. The SMILES string of the molecule is COc1cc(Cl)cc([C@@H]2Oc3ccccc3[C@H]3CC(c4cccs4)=NN32)c1O. The predicted octanol–water partition coefficient (Wildman–Crippen LogP) is 5.36. The molecule has 2 aromatic carbocycles. The van der Waals surface area contributed by atoms with Gasteiger partial charge in [0.1, 0.15) is 5.75 Å². The summed E-state index contributed by atoms with van der Waals surface area (Å²) in [5, 5.41) is 20.1. The first-order valence-corrected chi connectivity index (χ1v) is 10.1. The number of phenols is 1. The Morgan fingerprint density at radius 2 is 2.07 bits per heavy atom. The van der Waals surface area contributed by atoms with Gasteiger partial charge >= 0.3 is 0 Å². The van der Waals surface area contributed by atoms with Crippen molar-refractivity contribution in [2.45, 2.75) is 18.7 Å². The molecule has 1 N–H and O–H groups in total. The first-order chi connectivity index (χ1) is 13.7. The van der Waals surface area contributed by atoms with Crippen LogP contribution in [0.3, 0.4) is 0 Å². The highest BCUT2D eigenvalue weighted by Crippen LogP contribution is 2.50. The maximum atomic E-state index is 10.7. The van der Waals surface area contributed by atoms with E-state index in [1.54, 1.807) is 23.5 Å². The average molecular weight is 413 g/mol. The zero-order chi connectivity index (χ0) is 19.3. The zero-order valence-electron chi connectivity index (χ0n) is 15.0. The molecular weight excluding hydrogens is 396 g/mol. The van der Waals surface area contributed by atoms with Gasteiger partial charge in [0, 0.05) is 23.1 Å². The molecule has 0 radical (unpaired) electrons. The zero-order valence-corrected chi connectivity index (χ0v) is 16.6. The first kappa shape index (κ1) is 17.4. The molecule has 0 aliphatic carbocycles. The van der Waals surface area contributed by atoms with E-state index in [0.29, 0.717) is 16.3 Å². The first-order valence-electron chi connectivity index (χ1n) is 8.87. The summed E-state index contributed by atoms with van der Waals surface area (Å²) in [4.78, 5) is 1.14. The Labute approximate surface area is 171 Å². The molecule has 142 valence electrons. The van der Waals surface area contributed by atoms with Crippen LogP contribution in [-0.4, -0.2) is 22.9 Å². The molecule has 5 rings (SSSR count). The van der Waals surface area contributed by atoms with Crippen molar-refractivity contribution in [1.82, 2.24) is 5.01 Å². The fraction of sp³-hybridized carbons (Fsp3) is 0.190. The van der Waals surface area contributed by atoms with E-state index in [-0.39, 0.29) is 11.8 Å². The Kier molecular flexibility index (Phi) is 4.18. The summed E-state index contributed by atoms with van der Waals surface area (Å²) in [5.74, 6) is 1.10. The maximum absolute atomic E-state index is 10.7. The molecular formula is C21H17ClN2O3S. The minimum Gasteiger partial charge on any atom is -0.504 e. The molecule has 0 amide bonds. The third kappa shape index (κ3) is 2.72. The summed E-state index contributed by atoms with van der Waals surface area (Å²) in [6.07, 6.45) is 0.167. The van der Waals surface area contributed by atoms with Gasteiger partial charge in [-0.05, 0) is 23.6 Å². The number of halogens is 1. The van der Waals surface area contributed by atoms with Gasteiger partial charge in [0.05, 0.1) is 29.3 Å². The van der Waals surface area contributed by atoms with Crippen molar-refractivity contribution in [2.75, 3.05) is 7.11 Å². The number of hydrogen-bond donors (Lipinski definition) is 1. The lowest BCUT2D eigenvalue weighted by molar-refractivity contribution is -0.0204. The van der Waals surface area contributed by atoms with Crippen molar-refractivity contribution < 1.29 is 14.6 Å². The molecule has 7 heteroatoms. The number of hydrogen-bond acceptors (Lipinski definition) is 6. The van der Waals surface area contributed by atoms with Crippen molar-refractivity contribution in [1.29, 1.82) is 0 Å². The van der Waals surface area contributed by atoms with Crippen LogP contribution in [0, 0.1) is 0 Å². The van der Waals surface area contributed by atoms with Gasteiger partial charge in [-0.15, -0.1) is 11.3 Å². The lowest BCUT2D eigenvalue weighted by Crippen LogP contribution is -2.33. The van der Waals surface area contributed by atoms with Crippen LogP contribution in [0.1, 0.15) is 34.7 Å². The summed E-state index contributed by atoms with van der Waals surface area (Å²) < 4.78 is 11.6. The van der Waals surface area contributed by atoms with Crippen molar-refractivity contribution in [3.63, 3.8) is 0 Å². The van der Waals surface area contributed by atoms with Gasteiger partial charge in [0.15, 0.2) is 11.5 Å². The van der Waals surface area contributed by atoms with Crippen LogP contribution >= 0.6 is 22.9 Å². The third-order valence-corrected chi connectivity index (χ3v) is 6.20. The fourth-order valence-electron chi connectivity index (χ4n) is 3.77. The molecule has 2 aliphatic rings. The lowest BCUT2D eigenvalue weighted by atomic mass is 9.97. The van der Waals surface area contributed by atoms with Crippen LogP contribution in [0.15, 0.2) is 59.0 Å². The van der Waals surface area contributed by atoms with Gasteiger partial charge in [-0.1, -0.05) is 35.9 Å². The van der Waals surface area contributed by atoms with E-state index in [4.69, 9.17) is 26.2 Å². The van der Waals surface area contributed by atoms with Gasteiger partial charge in [-0.3, -0.25) is 0 Å². The van der Waals surface area contributed by atoms with Crippen molar-refractivity contribution in [2.24, 2.45) is 5.10 Å². The Morgan fingerprint density at radius 1 is 1.21 bits per heavy atom. The second kappa shape index (κ2) is 6.72. The van der Waals surface area contributed by atoms with E-state index in [1.807, 2.05) is 34.7 Å². The molecule has 0 spiro atoms. The van der Waals surface area contributed by atoms with E-state index in [9.17, 15) is 5.11 Å². The van der Waals surface area contributed by atoms with Crippen LogP contribution in [0.25, 0.3) is 0 Å². The molecule has 2 atom stereocenters. The number of rotatable bonds is 3. The topological polar surface area (TPSA) is 54.3 Å². The monoisotopic (exact) mass is 412 g/mol. The molecule has 0 saturated carbocycles. The van der Waals surface area contributed by atoms with E-state index < -0.39 is 6.23 Å². The summed E-state index contributed by atoms with van der Waals surface area (Å²) >= 11 is 7.94. The summed E-state index contributed by atoms with van der Waals surface area (Å²) in [6.45, 7) is 0. The van der Waals surface area contributed by atoms with Crippen molar-refractivity contribution in [3.8, 4) is 17.2 Å². The normalized spacial score (nSPS) is 20.2. The van der Waals surface area contributed by atoms with Gasteiger partial charge in [0.25, 0.3) is 0 Å². The molecule has 3 aromatic rings. The number of fused-ring (bicyclic) bond motifs is 3. The van der Waals surface area contributed by atoms with E-state index in [1.165, 1.54) is 7.11 Å². The smallest absolute Gasteiger partial charge is 0.217 e. The molecule has 2 aliphatic heterocycles. The Balaban J connectivity index is 1.65. The summed E-state index contributed by atoms with van der Waals surface area (Å²) in [5.41, 5.74) is 2.63. The quantitative estimate of drug-likeness (QED) is 0.629. The molecule has 5 nitrogen and oxygen atoms in total. The highest BCUT2D eigenvalue weighted by atomic mass is 35.5. The highest BCUT2D eigenvalue weighted by Gasteiger charge is 2.42. The van der Waals surface area contributed by atoms with Crippen LogP contribution < -0.4 is 9.47 Å². The molecule has 1 aromatic heterocycles. The molecule has 0 saturated heterocycles. The predicted molar refractivity (Wildman–Crippen MR) is 110 cm³/mol. The van der Waals surface area contributed by atoms with Gasteiger partial charge in [0.2, 0.25) is 6.23 Å². The summed E-state index contributed by atoms with van der Waals surface area (Å²) in [6, 6.07) is 15.4. The second-order valence-electron chi connectivity index (χ2n) is 6.68. The standard InChI is InChI=1S/C21H17ClN2O3S/c1-26-18-10-12(22)9-14(20(18)25)21-24-16(13-5-2-3-6-17(13)27-21)11-15(23-24)19-7-4-8-28-19/h2-10,16,21,25H,11H2,1H3/t16-,21+/m1/s1. The van der Waals surface area contributed by atoms with Crippen molar-refractivity contribution in [3.05, 3.63) is 74.9 Å². The number of ether oxygens (including phenoxy) is 2. The minimum absolute atomic E-state index is 0.00908. The number of thiophene rings is 1. The van der Waals surface area contributed by atoms with Gasteiger partial charge < -0.3 is 14.6 Å². The Morgan fingerprint density at radius 3 is 2.86 bits per heavy atom. The molecule has 0 bridgehead atoms. The molecule has 28 heavy (non-hydrogen) atoms. The number of hydrazone groups is 1. The maximum Gasteiger partial charge on any atom is 0.217 e. The molecule has 0 unspecified atom stereocenters. The fourth-order valence-corrected chi connectivity index (χ4v) is 4.71. The second-order valence-corrected chi connectivity index (χ2v) is 8.06. The van der Waals surface area contributed by atoms with E-state index in [0.717, 1.165) is 28.3 Å². The molecule has 3 heterocycles. The van der Waals surface area contributed by atoms with Crippen LogP contribution in [-0.2, 0) is 0 Å². The van der Waals surface area contributed by atoms with Crippen LogP contribution in [0.4, 0.5) is 0 Å². The Bertz CT molecular complexity index is 1070. The third-order valence-electron chi connectivity index (χ3n) is 5.06. The average Bonchev–Trinajstić information content (AvgIpc) is 3.38. The number of aromatic hydroxyl groups is 1. The largest absolute Gasteiger partial charge is 0.504 e. The van der Waals surface area contributed by atoms with Gasteiger partial charge in [-0.25, -0.2) is 5.01 Å². The summed E-state index contributed by atoms with van der Waals surface area (Å²) in [7, 11) is 1.50. The number of phenolic OH excluding ortho intramolecular Hbond substituents is 1. The highest BCUT2D eigenvalue weighted by molar-refractivity contribution is 7.12. The van der Waals surface area contributed by atoms with Gasteiger partial charge in [-0.2, -0.15) is 5.10 Å². The minimum atomic E-state index is -0.607. The number of methoxy groups -OCH3 is 1. The number of benzene rings is 2. The van der Waals surface area contributed by atoms with E-state index >= 15 is 0 Å². The lowest BCUT2D eigenvalue weighted by Gasteiger charge is -2.38.